The fraction of sp³-hybridized carbons (Fsp3) is 0.385. The van der Waals surface area contributed by atoms with E-state index >= 15 is 0 Å². The van der Waals surface area contributed by atoms with Crippen molar-refractivity contribution in [2.45, 2.75) is 19.4 Å². The van der Waals surface area contributed by atoms with Gasteiger partial charge in [-0.15, -0.1) is 0 Å². The average molecular weight is 251 g/mol. The number of carbonyl (C=O) groups is 2. The zero-order chi connectivity index (χ0) is 13.5. The number of benzene rings is 1. The van der Waals surface area contributed by atoms with Crippen LogP contribution in [0.5, 0.6) is 0 Å². The molecular weight excluding hydrogens is 234 g/mol. The predicted molar refractivity (Wildman–Crippen MR) is 66.6 cm³/mol. The van der Waals surface area contributed by atoms with E-state index in [4.69, 9.17) is 9.84 Å². The van der Waals surface area contributed by atoms with E-state index in [-0.39, 0.29) is 23.9 Å². The molecule has 0 spiro atoms. The molecule has 0 aliphatic carbocycles. The lowest BCUT2D eigenvalue weighted by atomic mass is 10.0. The molecule has 0 saturated carbocycles. The molecule has 0 fully saturated rings. The smallest absolute Gasteiger partial charge is 0.335 e. The van der Waals surface area contributed by atoms with E-state index < -0.39 is 5.97 Å². The van der Waals surface area contributed by atoms with Crippen molar-refractivity contribution in [3.63, 3.8) is 0 Å². The number of methoxy groups -OCH3 is 1. The summed E-state index contributed by atoms with van der Waals surface area (Å²) in [6.45, 7) is 2.25. The molecule has 5 heteroatoms. The third kappa shape index (κ3) is 4.18. The van der Waals surface area contributed by atoms with E-state index in [0.717, 1.165) is 0 Å². The van der Waals surface area contributed by atoms with Crippen molar-refractivity contribution in [2.75, 3.05) is 13.7 Å². The number of rotatable bonds is 6. The number of amides is 1. The Morgan fingerprint density at radius 1 is 1.39 bits per heavy atom. The Morgan fingerprint density at radius 2 is 2.06 bits per heavy atom. The highest BCUT2D eigenvalue weighted by molar-refractivity contribution is 5.91. The monoisotopic (exact) mass is 251 g/mol. The van der Waals surface area contributed by atoms with E-state index in [9.17, 15) is 9.59 Å². The SMILES string of the molecule is COC[C@@H](C)NC(=O)Cc1ccccc1C(=O)O. The van der Waals surface area contributed by atoms with Crippen molar-refractivity contribution in [3.8, 4) is 0 Å². The molecule has 98 valence electrons. The number of hydrogen-bond acceptors (Lipinski definition) is 3. The van der Waals surface area contributed by atoms with Crippen LogP contribution in [0.4, 0.5) is 0 Å². The lowest BCUT2D eigenvalue weighted by molar-refractivity contribution is -0.121. The molecule has 18 heavy (non-hydrogen) atoms. The van der Waals surface area contributed by atoms with Gasteiger partial charge in [-0.3, -0.25) is 4.79 Å². The van der Waals surface area contributed by atoms with Crippen molar-refractivity contribution < 1.29 is 19.4 Å². The standard InChI is InChI=1S/C13H17NO4/c1-9(8-18-2)14-12(15)7-10-5-3-4-6-11(10)13(16)17/h3-6,9H,7-8H2,1-2H3,(H,14,15)(H,16,17)/t9-/m1/s1. The highest BCUT2D eigenvalue weighted by Crippen LogP contribution is 2.09. The van der Waals surface area contributed by atoms with Crippen LogP contribution in [0.3, 0.4) is 0 Å². The molecule has 1 rings (SSSR count). The van der Waals surface area contributed by atoms with Crippen LogP contribution in [0.25, 0.3) is 0 Å². The largest absolute Gasteiger partial charge is 0.478 e. The summed E-state index contributed by atoms with van der Waals surface area (Å²) in [5, 5.41) is 11.7. The van der Waals surface area contributed by atoms with Gasteiger partial charge in [0, 0.05) is 13.2 Å². The number of ether oxygens (including phenoxy) is 1. The van der Waals surface area contributed by atoms with Gasteiger partial charge in [-0.25, -0.2) is 4.79 Å². The molecule has 0 heterocycles. The van der Waals surface area contributed by atoms with Gasteiger partial charge in [-0.05, 0) is 18.6 Å². The molecule has 1 amide bonds. The first-order valence-corrected chi connectivity index (χ1v) is 5.64. The van der Waals surface area contributed by atoms with Crippen molar-refractivity contribution in [1.29, 1.82) is 0 Å². The summed E-state index contributed by atoms with van der Waals surface area (Å²) in [6, 6.07) is 6.39. The van der Waals surface area contributed by atoms with Gasteiger partial charge in [0.1, 0.15) is 0 Å². The highest BCUT2D eigenvalue weighted by Gasteiger charge is 2.13. The molecule has 0 bridgehead atoms. The second-order valence-electron chi connectivity index (χ2n) is 4.06. The number of carboxylic acids is 1. The molecule has 1 aromatic rings. The topological polar surface area (TPSA) is 75.6 Å². The van der Waals surface area contributed by atoms with Gasteiger partial charge in [0.2, 0.25) is 5.91 Å². The first-order valence-electron chi connectivity index (χ1n) is 5.64. The van der Waals surface area contributed by atoms with Crippen molar-refractivity contribution in [3.05, 3.63) is 35.4 Å². The van der Waals surface area contributed by atoms with E-state index in [2.05, 4.69) is 5.32 Å². The van der Waals surface area contributed by atoms with Crippen LogP contribution in [0.15, 0.2) is 24.3 Å². The van der Waals surface area contributed by atoms with Crippen LogP contribution >= 0.6 is 0 Å². The Balaban J connectivity index is 2.67. The van der Waals surface area contributed by atoms with Crippen LogP contribution in [0.2, 0.25) is 0 Å². The maximum atomic E-state index is 11.7. The first-order chi connectivity index (χ1) is 8.54. The lowest BCUT2D eigenvalue weighted by Gasteiger charge is -2.13. The van der Waals surface area contributed by atoms with Gasteiger partial charge in [-0.1, -0.05) is 18.2 Å². The molecule has 0 saturated heterocycles. The Morgan fingerprint density at radius 3 is 2.67 bits per heavy atom. The number of carboxylic acid groups (broad SMARTS) is 1. The summed E-state index contributed by atoms with van der Waals surface area (Å²) in [5.74, 6) is -1.24. The number of aromatic carboxylic acids is 1. The lowest BCUT2D eigenvalue weighted by Crippen LogP contribution is -2.36. The van der Waals surface area contributed by atoms with Gasteiger partial charge in [0.05, 0.1) is 18.6 Å². The fourth-order valence-corrected chi connectivity index (χ4v) is 1.67. The normalized spacial score (nSPS) is 11.9. The maximum absolute atomic E-state index is 11.7. The van der Waals surface area contributed by atoms with Gasteiger partial charge in [0.15, 0.2) is 0 Å². The Kier molecular flexibility index (Phi) is 5.32. The van der Waals surface area contributed by atoms with Crippen LogP contribution < -0.4 is 5.32 Å². The molecule has 5 nitrogen and oxygen atoms in total. The van der Waals surface area contributed by atoms with Crippen LogP contribution in [-0.4, -0.2) is 36.7 Å². The molecule has 0 aliphatic rings. The van der Waals surface area contributed by atoms with Crippen molar-refractivity contribution in [1.82, 2.24) is 5.32 Å². The summed E-state index contributed by atoms with van der Waals surface area (Å²) >= 11 is 0. The van der Waals surface area contributed by atoms with E-state index in [0.29, 0.717) is 12.2 Å². The summed E-state index contributed by atoms with van der Waals surface area (Å²) < 4.78 is 4.91. The average Bonchev–Trinajstić information content (AvgIpc) is 2.29. The summed E-state index contributed by atoms with van der Waals surface area (Å²) in [7, 11) is 1.56. The Bertz CT molecular complexity index is 431. The number of hydrogen-bond donors (Lipinski definition) is 2. The van der Waals surface area contributed by atoms with Gasteiger partial charge < -0.3 is 15.2 Å². The van der Waals surface area contributed by atoms with Gasteiger partial charge >= 0.3 is 5.97 Å². The minimum Gasteiger partial charge on any atom is -0.478 e. The molecule has 1 aromatic carbocycles. The van der Waals surface area contributed by atoms with E-state index in [1.165, 1.54) is 6.07 Å². The molecule has 0 radical (unpaired) electrons. The second-order valence-corrected chi connectivity index (χ2v) is 4.06. The number of nitrogens with one attached hydrogen (secondary N) is 1. The minimum absolute atomic E-state index is 0.0521. The maximum Gasteiger partial charge on any atom is 0.335 e. The third-order valence-corrected chi connectivity index (χ3v) is 2.42. The molecular formula is C13H17NO4. The Labute approximate surface area is 106 Å². The zero-order valence-corrected chi connectivity index (χ0v) is 10.5. The molecule has 0 aromatic heterocycles. The molecule has 0 unspecified atom stereocenters. The van der Waals surface area contributed by atoms with Crippen LogP contribution in [0, 0.1) is 0 Å². The quantitative estimate of drug-likeness (QED) is 0.793. The van der Waals surface area contributed by atoms with Crippen molar-refractivity contribution >= 4 is 11.9 Å². The van der Waals surface area contributed by atoms with Crippen molar-refractivity contribution in [2.24, 2.45) is 0 Å². The van der Waals surface area contributed by atoms with E-state index in [1.54, 1.807) is 25.3 Å². The first kappa shape index (κ1) is 14.2. The third-order valence-electron chi connectivity index (χ3n) is 2.42. The number of carbonyl (C=O) groups excluding carboxylic acids is 1. The Hall–Kier alpha value is -1.88. The minimum atomic E-state index is -1.02. The molecule has 2 N–H and O–H groups in total. The highest BCUT2D eigenvalue weighted by atomic mass is 16.5. The second kappa shape index (κ2) is 6.76. The van der Waals surface area contributed by atoms with Crippen LogP contribution in [-0.2, 0) is 16.0 Å². The summed E-state index contributed by atoms with van der Waals surface area (Å²) in [6.07, 6.45) is 0.0521. The summed E-state index contributed by atoms with van der Waals surface area (Å²) in [5.41, 5.74) is 0.666. The van der Waals surface area contributed by atoms with Gasteiger partial charge in [-0.2, -0.15) is 0 Å². The van der Waals surface area contributed by atoms with E-state index in [1.807, 2.05) is 6.92 Å². The van der Waals surface area contributed by atoms with Gasteiger partial charge in [0.25, 0.3) is 0 Å². The zero-order valence-electron chi connectivity index (χ0n) is 10.5. The fourth-order valence-electron chi connectivity index (χ4n) is 1.67. The molecule has 0 aliphatic heterocycles. The van der Waals surface area contributed by atoms with Crippen LogP contribution in [0.1, 0.15) is 22.8 Å². The molecule has 1 atom stereocenters. The predicted octanol–water partition coefficient (Wildman–Crippen LogP) is 1.08. The summed E-state index contributed by atoms with van der Waals surface area (Å²) in [4.78, 5) is 22.7.